The van der Waals surface area contributed by atoms with Gasteiger partial charge in [-0.05, 0) is 48.7 Å². The Morgan fingerprint density at radius 2 is 1.96 bits per heavy atom. The van der Waals surface area contributed by atoms with Crippen LogP contribution in [0.3, 0.4) is 0 Å². The molecule has 3 aromatic rings. The summed E-state index contributed by atoms with van der Waals surface area (Å²) in [6, 6.07) is 11.6. The number of halogens is 1. The first kappa shape index (κ1) is 18.8. The summed E-state index contributed by atoms with van der Waals surface area (Å²) in [7, 11) is 1.67. The lowest BCUT2D eigenvalue weighted by molar-refractivity contribution is -0.117. The molecule has 0 unspecified atom stereocenters. The van der Waals surface area contributed by atoms with Crippen molar-refractivity contribution in [3.8, 4) is 0 Å². The zero-order valence-corrected chi connectivity index (χ0v) is 16.7. The average Bonchev–Trinajstić information content (AvgIpc) is 2.92. The Labute approximate surface area is 161 Å². The number of amides is 1. The molecule has 1 amide bonds. The predicted molar refractivity (Wildman–Crippen MR) is 107 cm³/mol. The fraction of sp³-hybridized carbons (Fsp3) is 0.300. The second-order valence-corrected chi connectivity index (χ2v) is 7.68. The molecular weight excluding hydrogens is 368 g/mol. The molecule has 4 nitrogen and oxygen atoms in total. The summed E-state index contributed by atoms with van der Waals surface area (Å²) in [6.45, 7) is 5.39. The van der Waals surface area contributed by atoms with E-state index in [4.69, 9.17) is 16.3 Å². The Balaban J connectivity index is 2.01. The summed E-state index contributed by atoms with van der Waals surface area (Å²) in [4.78, 5) is 17.6. The van der Waals surface area contributed by atoms with E-state index in [1.165, 1.54) is 11.1 Å². The van der Waals surface area contributed by atoms with Crippen molar-refractivity contribution < 1.29 is 9.53 Å². The summed E-state index contributed by atoms with van der Waals surface area (Å²) < 4.78 is 8.47. The van der Waals surface area contributed by atoms with E-state index in [1.54, 1.807) is 30.6 Å². The third-order valence-electron chi connectivity index (χ3n) is 4.12. The fourth-order valence-electron chi connectivity index (χ4n) is 2.92. The van der Waals surface area contributed by atoms with Gasteiger partial charge < -0.3 is 9.30 Å². The lowest BCUT2D eigenvalue weighted by atomic mass is 10.1. The van der Waals surface area contributed by atoms with Crippen LogP contribution in [0.25, 0.3) is 10.2 Å². The van der Waals surface area contributed by atoms with Gasteiger partial charge in [0.05, 0.1) is 23.2 Å². The largest absolute Gasteiger partial charge is 0.383 e. The monoisotopic (exact) mass is 388 g/mol. The number of benzene rings is 2. The minimum atomic E-state index is -0.167. The second kappa shape index (κ2) is 8.16. The van der Waals surface area contributed by atoms with Crippen molar-refractivity contribution >= 4 is 39.1 Å². The maximum absolute atomic E-state index is 12.5. The summed E-state index contributed by atoms with van der Waals surface area (Å²) in [6.07, 6.45) is 0.258. The molecule has 0 spiro atoms. The van der Waals surface area contributed by atoms with Crippen LogP contribution < -0.4 is 4.80 Å². The van der Waals surface area contributed by atoms with Gasteiger partial charge in [-0.2, -0.15) is 4.99 Å². The topological polar surface area (TPSA) is 43.6 Å². The number of ether oxygens (including phenoxy) is 1. The van der Waals surface area contributed by atoms with Crippen molar-refractivity contribution in [3.63, 3.8) is 0 Å². The lowest BCUT2D eigenvalue weighted by Gasteiger charge is -2.06. The number of fused-ring (bicyclic) bond motifs is 1. The van der Waals surface area contributed by atoms with E-state index in [9.17, 15) is 4.79 Å². The van der Waals surface area contributed by atoms with Crippen LogP contribution in [-0.2, 0) is 22.5 Å². The highest BCUT2D eigenvalue weighted by Crippen LogP contribution is 2.23. The zero-order valence-electron chi connectivity index (χ0n) is 15.1. The third-order valence-corrected chi connectivity index (χ3v) is 5.60. The van der Waals surface area contributed by atoms with Gasteiger partial charge in [-0.1, -0.05) is 41.1 Å². The molecule has 0 aliphatic rings. The zero-order chi connectivity index (χ0) is 18.7. The second-order valence-electron chi connectivity index (χ2n) is 6.27. The smallest absolute Gasteiger partial charge is 0.252 e. The van der Waals surface area contributed by atoms with Gasteiger partial charge in [0, 0.05) is 18.7 Å². The van der Waals surface area contributed by atoms with Crippen LogP contribution >= 0.6 is 22.9 Å². The summed E-state index contributed by atoms with van der Waals surface area (Å²) in [5.41, 5.74) is 4.39. The molecule has 0 atom stereocenters. The molecule has 26 heavy (non-hydrogen) atoms. The highest BCUT2D eigenvalue weighted by molar-refractivity contribution is 7.16. The number of nitrogens with zero attached hydrogens (tertiary/aromatic N) is 2. The molecule has 1 heterocycles. The standard InChI is InChI=1S/C20H21ClN2O2S/c1-13-10-14(2)19-17(11-13)23(8-9-25-3)20(26-19)22-18(24)12-15-4-6-16(21)7-5-15/h4-7,10-11H,8-9,12H2,1-3H3. The summed E-state index contributed by atoms with van der Waals surface area (Å²) >= 11 is 7.45. The fourth-order valence-corrected chi connectivity index (χ4v) is 4.17. The van der Waals surface area contributed by atoms with Crippen molar-refractivity contribution in [2.75, 3.05) is 13.7 Å². The molecule has 0 saturated heterocycles. The molecule has 136 valence electrons. The molecular formula is C20H21ClN2O2S. The van der Waals surface area contributed by atoms with Crippen molar-refractivity contribution in [2.24, 2.45) is 4.99 Å². The predicted octanol–water partition coefficient (Wildman–Crippen LogP) is 4.29. The van der Waals surface area contributed by atoms with E-state index in [1.807, 2.05) is 12.1 Å². The number of aryl methyl sites for hydroxylation is 2. The highest BCUT2D eigenvalue weighted by Gasteiger charge is 2.11. The Hall–Kier alpha value is -1.95. The number of rotatable bonds is 5. The third kappa shape index (κ3) is 4.23. The van der Waals surface area contributed by atoms with Crippen LogP contribution in [0, 0.1) is 13.8 Å². The summed E-state index contributed by atoms with van der Waals surface area (Å²) in [5.74, 6) is -0.167. The van der Waals surface area contributed by atoms with Crippen LogP contribution in [0.15, 0.2) is 41.4 Å². The van der Waals surface area contributed by atoms with Gasteiger partial charge in [-0.25, -0.2) is 0 Å². The lowest BCUT2D eigenvalue weighted by Crippen LogP contribution is -2.19. The minimum Gasteiger partial charge on any atom is -0.383 e. The van der Waals surface area contributed by atoms with Gasteiger partial charge in [0.1, 0.15) is 0 Å². The Morgan fingerprint density at radius 3 is 2.65 bits per heavy atom. The maximum atomic E-state index is 12.5. The van der Waals surface area contributed by atoms with Crippen molar-refractivity contribution in [2.45, 2.75) is 26.8 Å². The number of hydrogen-bond donors (Lipinski definition) is 0. The van der Waals surface area contributed by atoms with Crippen LogP contribution in [0.4, 0.5) is 0 Å². The molecule has 0 fully saturated rings. The summed E-state index contributed by atoms with van der Waals surface area (Å²) in [5, 5.41) is 0.658. The molecule has 0 saturated carbocycles. The molecule has 0 radical (unpaired) electrons. The normalized spacial score (nSPS) is 12.1. The van der Waals surface area contributed by atoms with E-state index in [2.05, 4.69) is 35.5 Å². The molecule has 0 bridgehead atoms. The van der Waals surface area contributed by atoms with E-state index < -0.39 is 0 Å². The molecule has 3 rings (SSSR count). The number of thiazole rings is 1. The quantitative estimate of drug-likeness (QED) is 0.654. The van der Waals surface area contributed by atoms with E-state index in [0.717, 1.165) is 15.8 Å². The Bertz CT molecular complexity index is 1000. The molecule has 0 N–H and O–H groups in total. The van der Waals surface area contributed by atoms with Gasteiger partial charge in [-0.3, -0.25) is 4.79 Å². The van der Waals surface area contributed by atoms with Crippen LogP contribution in [0.2, 0.25) is 5.02 Å². The number of carbonyl (C=O) groups is 1. The first-order valence-corrected chi connectivity index (χ1v) is 9.59. The van der Waals surface area contributed by atoms with Gasteiger partial charge in [0.15, 0.2) is 4.80 Å². The maximum Gasteiger partial charge on any atom is 0.252 e. The number of carbonyl (C=O) groups excluding carboxylic acids is 1. The van der Waals surface area contributed by atoms with E-state index >= 15 is 0 Å². The van der Waals surface area contributed by atoms with Crippen molar-refractivity contribution in [1.29, 1.82) is 0 Å². The first-order valence-electron chi connectivity index (χ1n) is 8.39. The van der Waals surface area contributed by atoms with E-state index in [0.29, 0.717) is 23.0 Å². The van der Waals surface area contributed by atoms with Crippen LogP contribution in [0.1, 0.15) is 16.7 Å². The van der Waals surface area contributed by atoms with Gasteiger partial charge in [-0.15, -0.1) is 0 Å². The van der Waals surface area contributed by atoms with Crippen LogP contribution in [0.5, 0.6) is 0 Å². The highest BCUT2D eigenvalue weighted by atomic mass is 35.5. The molecule has 2 aromatic carbocycles. The SMILES string of the molecule is COCCn1c(=NC(=O)Cc2ccc(Cl)cc2)sc2c(C)cc(C)cc21. The molecule has 0 aliphatic carbocycles. The Kier molecular flexibility index (Phi) is 5.91. The van der Waals surface area contributed by atoms with Gasteiger partial charge >= 0.3 is 0 Å². The molecule has 0 aliphatic heterocycles. The van der Waals surface area contributed by atoms with E-state index in [-0.39, 0.29) is 12.3 Å². The van der Waals surface area contributed by atoms with Crippen molar-refractivity contribution in [3.05, 3.63) is 62.9 Å². The van der Waals surface area contributed by atoms with Gasteiger partial charge in [0.2, 0.25) is 0 Å². The van der Waals surface area contributed by atoms with Crippen molar-refractivity contribution in [1.82, 2.24) is 4.57 Å². The minimum absolute atomic E-state index is 0.167. The first-order chi connectivity index (χ1) is 12.5. The number of aromatic nitrogens is 1. The van der Waals surface area contributed by atoms with Gasteiger partial charge in [0.25, 0.3) is 5.91 Å². The Morgan fingerprint density at radius 1 is 1.23 bits per heavy atom. The average molecular weight is 389 g/mol. The molecule has 6 heteroatoms. The molecule has 1 aromatic heterocycles. The number of methoxy groups -OCH3 is 1. The van der Waals surface area contributed by atoms with Crippen LogP contribution in [-0.4, -0.2) is 24.2 Å². The number of hydrogen-bond acceptors (Lipinski definition) is 3.